The molecule has 0 radical (unpaired) electrons. The van der Waals surface area contributed by atoms with Crippen molar-refractivity contribution in [3.63, 3.8) is 0 Å². The Kier molecular flexibility index (Phi) is 4.36. The maximum Gasteiger partial charge on any atom is 0.244 e. The summed E-state index contributed by atoms with van der Waals surface area (Å²) in [5, 5.41) is 3.16. The van der Waals surface area contributed by atoms with Crippen molar-refractivity contribution in [1.29, 1.82) is 0 Å². The summed E-state index contributed by atoms with van der Waals surface area (Å²) < 4.78 is 0. The van der Waals surface area contributed by atoms with E-state index < -0.39 is 0 Å². The molecule has 3 fully saturated rings. The zero-order valence-corrected chi connectivity index (χ0v) is 12.3. The summed E-state index contributed by atoms with van der Waals surface area (Å²) in [6.07, 6.45) is 5.92. The average Bonchev–Trinajstić information content (AvgIpc) is 2.54. The monoisotopic (exact) mass is 285 g/mol. The van der Waals surface area contributed by atoms with Crippen molar-refractivity contribution >= 4 is 12.0 Å². The number of carbonyl (C=O) groups excluding carboxylic acids is 1. The molecule has 2 bridgehead atoms. The summed E-state index contributed by atoms with van der Waals surface area (Å²) >= 11 is 0. The minimum absolute atomic E-state index is 0.000532. The first-order chi connectivity index (χ1) is 10.3. The quantitative estimate of drug-likeness (QED) is 0.822. The molecule has 3 N–H and O–H groups in total. The summed E-state index contributed by atoms with van der Waals surface area (Å²) in [6.45, 7) is 3.87. The van der Waals surface area contributed by atoms with Crippen molar-refractivity contribution < 1.29 is 4.79 Å². The molecule has 0 aromatic heterocycles. The van der Waals surface area contributed by atoms with E-state index in [2.05, 4.69) is 10.2 Å². The van der Waals surface area contributed by atoms with E-state index in [1.807, 2.05) is 30.3 Å². The molecule has 3 aliphatic rings. The summed E-state index contributed by atoms with van der Waals surface area (Å²) in [6, 6.07) is 8.22. The molecule has 3 aliphatic heterocycles. The van der Waals surface area contributed by atoms with Crippen molar-refractivity contribution in [3.05, 3.63) is 41.5 Å². The molecule has 0 saturated carbocycles. The third-order valence-corrected chi connectivity index (χ3v) is 4.67. The molecule has 0 spiro atoms. The number of piperidine rings is 3. The number of benzene rings is 1. The third-order valence-electron chi connectivity index (χ3n) is 4.67. The van der Waals surface area contributed by atoms with E-state index in [9.17, 15) is 4.79 Å². The molecule has 3 heterocycles. The molecule has 21 heavy (non-hydrogen) atoms. The first kappa shape index (κ1) is 14.3. The Bertz CT molecular complexity index is 533. The van der Waals surface area contributed by atoms with Gasteiger partial charge in [-0.3, -0.25) is 4.79 Å². The van der Waals surface area contributed by atoms with E-state index in [0.29, 0.717) is 18.5 Å². The summed E-state index contributed by atoms with van der Waals surface area (Å²) in [4.78, 5) is 14.6. The number of hydrogen-bond acceptors (Lipinski definition) is 3. The number of nitrogens with two attached hydrogens (primary N) is 1. The lowest BCUT2D eigenvalue weighted by Gasteiger charge is -2.44. The second kappa shape index (κ2) is 6.41. The molecule has 4 nitrogen and oxygen atoms in total. The lowest BCUT2D eigenvalue weighted by atomic mass is 9.84. The van der Waals surface area contributed by atoms with Gasteiger partial charge in [-0.05, 0) is 49.1 Å². The van der Waals surface area contributed by atoms with Crippen LogP contribution in [0.4, 0.5) is 0 Å². The molecule has 1 aromatic rings. The minimum Gasteiger partial charge on any atom is -0.348 e. The van der Waals surface area contributed by atoms with E-state index in [1.165, 1.54) is 25.9 Å². The van der Waals surface area contributed by atoms with E-state index in [-0.39, 0.29) is 5.91 Å². The number of nitrogens with one attached hydrogen (secondary N) is 1. The first-order valence-corrected chi connectivity index (χ1v) is 7.75. The fourth-order valence-electron chi connectivity index (χ4n) is 3.41. The van der Waals surface area contributed by atoms with Gasteiger partial charge in [-0.2, -0.15) is 0 Å². The van der Waals surface area contributed by atoms with Gasteiger partial charge in [0.1, 0.15) is 0 Å². The Labute approximate surface area is 126 Å². The van der Waals surface area contributed by atoms with Crippen molar-refractivity contribution in [1.82, 2.24) is 10.2 Å². The number of hydrogen-bond donors (Lipinski definition) is 2. The van der Waals surface area contributed by atoms with Crippen molar-refractivity contribution in [2.24, 2.45) is 11.7 Å². The number of rotatable bonds is 4. The fraction of sp³-hybridized carbons (Fsp3) is 0.471. The lowest BCUT2D eigenvalue weighted by molar-refractivity contribution is -0.118. The van der Waals surface area contributed by atoms with Crippen LogP contribution in [0, 0.1) is 5.92 Å². The van der Waals surface area contributed by atoms with Gasteiger partial charge in [0.25, 0.3) is 0 Å². The van der Waals surface area contributed by atoms with E-state index in [0.717, 1.165) is 17.7 Å². The maximum atomic E-state index is 12.1. The number of nitrogens with zero attached hydrogens (tertiary/aromatic N) is 1. The predicted octanol–water partition coefficient (Wildman–Crippen LogP) is 1.37. The van der Waals surface area contributed by atoms with Crippen LogP contribution < -0.4 is 11.1 Å². The van der Waals surface area contributed by atoms with Gasteiger partial charge in [-0.15, -0.1) is 0 Å². The topological polar surface area (TPSA) is 58.4 Å². The van der Waals surface area contributed by atoms with Gasteiger partial charge in [0.05, 0.1) is 0 Å². The standard InChI is InChI=1S/C17H23N3O/c18-11-15-4-2-1-3-13(15)5-6-17(21)19-16-12-20-9-7-14(16)8-10-20/h1-6,14,16H,7-12,18H2,(H,19,21)/b6-5+/t16-/m0/s1. The van der Waals surface area contributed by atoms with E-state index in [1.54, 1.807) is 6.08 Å². The highest BCUT2D eigenvalue weighted by Gasteiger charge is 2.34. The van der Waals surface area contributed by atoms with Crippen LogP contribution in [0.2, 0.25) is 0 Å². The van der Waals surface area contributed by atoms with Crippen LogP contribution in [-0.4, -0.2) is 36.5 Å². The van der Waals surface area contributed by atoms with E-state index in [4.69, 9.17) is 5.73 Å². The van der Waals surface area contributed by atoms with Crippen molar-refractivity contribution in [2.75, 3.05) is 19.6 Å². The van der Waals surface area contributed by atoms with Gasteiger partial charge in [-0.1, -0.05) is 24.3 Å². The molecular weight excluding hydrogens is 262 g/mol. The number of fused-ring (bicyclic) bond motifs is 3. The number of carbonyl (C=O) groups is 1. The minimum atomic E-state index is 0.000532. The van der Waals surface area contributed by atoms with Gasteiger partial charge in [0, 0.05) is 25.2 Å². The zero-order chi connectivity index (χ0) is 14.7. The highest BCUT2D eigenvalue weighted by atomic mass is 16.1. The Hall–Kier alpha value is -1.65. The SMILES string of the molecule is NCc1ccccc1/C=C/C(=O)N[C@H]1CN2CCC1CC2. The molecular formula is C17H23N3O. The Morgan fingerprint density at radius 1 is 1.33 bits per heavy atom. The maximum absolute atomic E-state index is 12.1. The van der Waals surface area contributed by atoms with Gasteiger partial charge in [-0.25, -0.2) is 0 Å². The molecule has 1 aromatic carbocycles. The van der Waals surface area contributed by atoms with Crippen LogP contribution in [0.1, 0.15) is 24.0 Å². The fourth-order valence-corrected chi connectivity index (χ4v) is 3.41. The van der Waals surface area contributed by atoms with Crippen LogP contribution in [-0.2, 0) is 11.3 Å². The Balaban J connectivity index is 1.60. The summed E-state index contributed by atoms with van der Waals surface area (Å²) in [5.41, 5.74) is 7.78. The van der Waals surface area contributed by atoms with Gasteiger partial charge in [0.15, 0.2) is 0 Å². The van der Waals surface area contributed by atoms with Gasteiger partial charge in [0.2, 0.25) is 5.91 Å². The molecule has 112 valence electrons. The van der Waals surface area contributed by atoms with Crippen molar-refractivity contribution in [2.45, 2.75) is 25.4 Å². The molecule has 0 aliphatic carbocycles. The lowest BCUT2D eigenvalue weighted by Crippen LogP contribution is -2.57. The summed E-state index contributed by atoms with van der Waals surface area (Å²) in [7, 11) is 0. The highest BCUT2D eigenvalue weighted by Crippen LogP contribution is 2.27. The van der Waals surface area contributed by atoms with Crippen LogP contribution in [0.15, 0.2) is 30.3 Å². The average molecular weight is 285 g/mol. The largest absolute Gasteiger partial charge is 0.348 e. The predicted molar refractivity (Wildman–Crippen MR) is 84.5 cm³/mol. The second-order valence-corrected chi connectivity index (χ2v) is 5.99. The van der Waals surface area contributed by atoms with Gasteiger partial charge < -0.3 is 16.0 Å². The third kappa shape index (κ3) is 3.34. The van der Waals surface area contributed by atoms with Crippen LogP contribution in [0.5, 0.6) is 0 Å². The Morgan fingerprint density at radius 3 is 2.76 bits per heavy atom. The first-order valence-electron chi connectivity index (χ1n) is 7.75. The van der Waals surface area contributed by atoms with E-state index >= 15 is 0 Å². The molecule has 1 atom stereocenters. The normalized spacial score (nSPS) is 28.0. The summed E-state index contributed by atoms with van der Waals surface area (Å²) in [5.74, 6) is 0.657. The smallest absolute Gasteiger partial charge is 0.244 e. The van der Waals surface area contributed by atoms with Gasteiger partial charge >= 0.3 is 0 Å². The second-order valence-electron chi connectivity index (χ2n) is 5.99. The number of amides is 1. The molecule has 0 unspecified atom stereocenters. The molecule has 4 heteroatoms. The highest BCUT2D eigenvalue weighted by molar-refractivity contribution is 5.92. The van der Waals surface area contributed by atoms with Crippen LogP contribution >= 0.6 is 0 Å². The molecule has 1 amide bonds. The Morgan fingerprint density at radius 2 is 2.10 bits per heavy atom. The molecule has 4 rings (SSSR count). The zero-order valence-electron chi connectivity index (χ0n) is 12.3. The van der Waals surface area contributed by atoms with Crippen LogP contribution in [0.25, 0.3) is 6.08 Å². The molecule has 3 saturated heterocycles. The van der Waals surface area contributed by atoms with Crippen LogP contribution in [0.3, 0.4) is 0 Å². The van der Waals surface area contributed by atoms with Crippen molar-refractivity contribution in [3.8, 4) is 0 Å².